The summed E-state index contributed by atoms with van der Waals surface area (Å²) in [5.74, 6) is 0.835. The molecule has 0 aliphatic heterocycles. The van der Waals surface area contributed by atoms with Crippen LogP contribution in [0.3, 0.4) is 0 Å². The Hall–Kier alpha value is -1.59. The van der Waals surface area contributed by atoms with Crippen molar-refractivity contribution < 1.29 is 28.6 Å². The van der Waals surface area contributed by atoms with Crippen LogP contribution in [0.15, 0.2) is 0 Å². The second kappa shape index (κ2) is 44.0. The summed E-state index contributed by atoms with van der Waals surface area (Å²) >= 11 is 0. The molecule has 57 heavy (non-hydrogen) atoms. The SMILES string of the molecule is CCCCCCCCCCCCCC(=O)OC[C@H](COC(=O)CCCCCCCCCCC(C)CC)OC(=O)CCCCCCCCCCCCCCCC(C)C. The van der Waals surface area contributed by atoms with Gasteiger partial charge in [-0.1, -0.05) is 240 Å². The third-order valence-corrected chi connectivity index (χ3v) is 11.8. The van der Waals surface area contributed by atoms with Crippen LogP contribution in [-0.2, 0) is 28.6 Å². The van der Waals surface area contributed by atoms with Crippen molar-refractivity contribution in [1.82, 2.24) is 0 Å². The molecule has 0 aliphatic carbocycles. The fraction of sp³-hybridized carbons (Fsp3) is 0.941. The molecule has 0 saturated heterocycles. The Morgan fingerprint density at radius 1 is 0.368 bits per heavy atom. The number of rotatable bonds is 45. The van der Waals surface area contributed by atoms with Crippen LogP contribution in [-0.4, -0.2) is 37.2 Å². The molecule has 6 heteroatoms. The molecule has 0 aliphatic rings. The van der Waals surface area contributed by atoms with Gasteiger partial charge in [-0.15, -0.1) is 0 Å². The minimum Gasteiger partial charge on any atom is -0.462 e. The van der Waals surface area contributed by atoms with Gasteiger partial charge in [-0.3, -0.25) is 14.4 Å². The zero-order chi connectivity index (χ0) is 41.9. The van der Waals surface area contributed by atoms with E-state index in [1.807, 2.05) is 0 Å². The topological polar surface area (TPSA) is 78.9 Å². The molecule has 0 amide bonds. The number of hydrogen-bond acceptors (Lipinski definition) is 6. The lowest BCUT2D eigenvalue weighted by molar-refractivity contribution is -0.167. The Labute approximate surface area is 355 Å². The molecule has 0 radical (unpaired) electrons. The van der Waals surface area contributed by atoms with Gasteiger partial charge in [-0.05, 0) is 31.1 Å². The fourth-order valence-electron chi connectivity index (χ4n) is 7.60. The number of esters is 3. The normalized spacial score (nSPS) is 12.5. The van der Waals surface area contributed by atoms with E-state index < -0.39 is 6.10 Å². The van der Waals surface area contributed by atoms with Crippen molar-refractivity contribution in [3.63, 3.8) is 0 Å². The second-order valence-corrected chi connectivity index (χ2v) is 18.2. The predicted octanol–water partition coefficient (Wildman–Crippen LogP) is 16.1. The first kappa shape index (κ1) is 55.4. The molecule has 2 atom stereocenters. The zero-order valence-corrected chi connectivity index (χ0v) is 39.0. The zero-order valence-electron chi connectivity index (χ0n) is 39.0. The smallest absolute Gasteiger partial charge is 0.306 e. The molecular formula is C51H98O6. The van der Waals surface area contributed by atoms with Crippen LogP contribution in [0.4, 0.5) is 0 Å². The summed E-state index contributed by atoms with van der Waals surface area (Å²) in [7, 11) is 0. The Morgan fingerprint density at radius 2 is 0.667 bits per heavy atom. The highest BCUT2D eigenvalue weighted by atomic mass is 16.6. The maximum Gasteiger partial charge on any atom is 0.306 e. The molecule has 0 rings (SSSR count). The van der Waals surface area contributed by atoms with Crippen LogP contribution < -0.4 is 0 Å². The first-order valence-electron chi connectivity index (χ1n) is 25.3. The van der Waals surface area contributed by atoms with E-state index in [1.165, 1.54) is 167 Å². The van der Waals surface area contributed by atoms with Crippen LogP contribution in [0, 0.1) is 11.8 Å². The second-order valence-electron chi connectivity index (χ2n) is 18.2. The number of ether oxygens (including phenoxy) is 3. The number of unbranched alkanes of at least 4 members (excludes halogenated alkanes) is 29. The maximum atomic E-state index is 12.8. The standard InChI is InChI=1S/C51H98O6/c1-6-8-9-10-11-12-16-20-26-31-36-41-49(52)55-44-48(45-56-50(53)42-37-32-27-23-22-25-30-35-40-47(5)7-2)57-51(54)43-38-33-28-21-18-15-13-14-17-19-24-29-34-39-46(3)4/h46-48H,6-45H2,1-5H3/t47?,48-/m1/s1. The molecule has 0 bridgehead atoms. The van der Waals surface area contributed by atoms with Gasteiger partial charge in [0.25, 0.3) is 0 Å². The average Bonchev–Trinajstić information content (AvgIpc) is 3.19. The molecular weight excluding hydrogens is 709 g/mol. The van der Waals surface area contributed by atoms with Crippen molar-refractivity contribution in [3.8, 4) is 0 Å². The van der Waals surface area contributed by atoms with Crippen molar-refractivity contribution in [3.05, 3.63) is 0 Å². The summed E-state index contributed by atoms with van der Waals surface area (Å²) in [5.41, 5.74) is 0. The van der Waals surface area contributed by atoms with Gasteiger partial charge in [0.1, 0.15) is 13.2 Å². The molecule has 0 N–H and O–H groups in total. The van der Waals surface area contributed by atoms with Crippen LogP contribution in [0.25, 0.3) is 0 Å². The van der Waals surface area contributed by atoms with E-state index in [-0.39, 0.29) is 31.1 Å². The predicted molar refractivity (Wildman–Crippen MR) is 243 cm³/mol. The molecule has 0 saturated carbocycles. The molecule has 0 aromatic heterocycles. The minimum atomic E-state index is -0.761. The summed E-state index contributed by atoms with van der Waals surface area (Å²) < 4.78 is 16.8. The Bertz CT molecular complexity index is 872. The Morgan fingerprint density at radius 3 is 1.00 bits per heavy atom. The molecule has 0 heterocycles. The van der Waals surface area contributed by atoms with Crippen molar-refractivity contribution in [2.45, 2.75) is 285 Å². The lowest BCUT2D eigenvalue weighted by Gasteiger charge is -2.18. The minimum absolute atomic E-state index is 0.0641. The van der Waals surface area contributed by atoms with Gasteiger partial charge < -0.3 is 14.2 Å². The molecule has 0 spiro atoms. The van der Waals surface area contributed by atoms with E-state index in [4.69, 9.17) is 14.2 Å². The molecule has 1 unspecified atom stereocenters. The Balaban J connectivity index is 4.32. The van der Waals surface area contributed by atoms with Crippen molar-refractivity contribution >= 4 is 17.9 Å². The molecule has 6 nitrogen and oxygen atoms in total. The van der Waals surface area contributed by atoms with Crippen molar-refractivity contribution in [1.29, 1.82) is 0 Å². The van der Waals surface area contributed by atoms with E-state index in [9.17, 15) is 14.4 Å². The highest BCUT2D eigenvalue weighted by Gasteiger charge is 2.19. The van der Waals surface area contributed by atoms with Gasteiger partial charge in [0, 0.05) is 19.3 Å². The number of hydrogen-bond donors (Lipinski definition) is 0. The third-order valence-electron chi connectivity index (χ3n) is 11.8. The monoisotopic (exact) mass is 807 g/mol. The van der Waals surface area contributed by atoms with Crippen LogP contribution in [0.5, 0.6) is 0 Å². The first-order chi connectivity index (χ1) is 27.8. The van der Waals surface area contributed by atoms with Crippen LogP contribution in [0.2, 0.25) is 0 Å². The van der Waals surface area contributed by atoms with Crippen molar-refractivity contribution in [2.24, 2.45) is 11.8 Å². The van der Waals surface area contributed by atoms with Crippen LogP contribution >= 0.6 is 0 Å². The number of carbonyl (C=O) groups is 3. The average molecular weight is 807 g/mol. The molecule has 0 fully saturated rings. The molecule has 0 aromatic rings. The van der Waals surface area contributed by atoms with Gasteiger partial charge in [-0.2, -0.15) is 0 Å². The summed E-state index contributed by atoms with van der Waals surface area (Å²) in [6.07, 6.45) is 43.6. The summed E-state index contributed by atoms with van der Waals surface area (Å²) in [6.45, 7) is 11.4. The summed E-state index contributed by atoms with van der Waals surface area (Å²) in [5, 5.41) is 0. The maximum absolute atomic E-state index is 12.8. The van der Waals surface area contributed by atoms with Gasteiger partial charge in [0.05, 0.1) is 0 Å². The quantitative estimate of drug-likeness (QED) is 0.0346. The number of carbonyl (C=O) groups excluding carboxylic acids is 3. The lowest BCUT2D eigenvalue weighted by Crippen LogP contribution is -2.30. The highest BCUT2D eigenvalue weighted by Crippen LogP contribution is 2.18. The van der Waals surface area contributed by atoms with Crippen LogP contribution in [0.1, 0.15) is 279 Å². The van der Waals surface area contributed by atoms with E-state index in [1.54, 1.807) is 0 Å². The lowest BCUT2D eigenvalue weighted by atomic mass is 9.99. The molecule has 338 valence electrons. The molecule has 0 aromatic carbocycles. The van der Waals surface area contributed by atoms with E-state index in [0.717, 1.165) is 69.6 Å². The van der Waals surface area contributed by atoms with Gasteiger partial charge in [-0.25, -0.2) is 0 Å². The van der Waals surface area contributed by atoms with Crippen molar-refractivity contribution in [2.75, 3.05) is 13.2 Å². The third kappa shape index (κ3) is 43.8. The summed E-state index contributed by atoms with van der Waals surface area (Å²) in [6, 6.07) is 0. The van der Waals surface area contributed by atoms with E-state index in [0.29, 0.717) is 19.3 Å². The Kier molecular flexibility index (Phi) is 42.7. The summed E-state index contributed by atoms with van der Waals surface area (Å²) in [4.78, 5) is 37.9. The fourth-order valence-corrected chi connectivity index (χ4v) is 7.60. The van der Waals surface area contributed by atoms with Gasteiger partial charge >= 0.3 is 17.9 Å². The van der Waals surface area contributed by atoms with Gasteiger partial charge in [0.15, 0.2) is 6.10 Å². The highest BCUT2D eigenvalue weighted by molar-refractivity contribution is 5.71. The van der Waals surface area contributed by atoms with E-state index in [2.05, 4.69) is 34.6 Å². The van der Waals surface area contributed by atoms with Gasteiger partial charge in [0.2, 0.25) is 0 Å². The largest absolute Gasteiger partial charge is 0.462 e. The first-order valence-corrected chi connectivity index (χ1v) is 25.3. The van der Waals surface area contributed by atoms with E-state index >= 15 is 0 Å².